The van der Waals surface area contributed by atoms with Crippen molar-refractivity contribution in [3.63, 3.8) is 0 Å². The molecule has 1 aliphatic carbocycles. The van der Waals surface area contributed by atoms with Crippen molar-refractivity contribution in [2.75, 3.05) is 0 Å². The molecular weight excluding hydrogens is 853 g/mol. The van der Waals surface area contributed by atoms with Crippen LogP contribution in [0.5, 0.6) is 0 Å². The van der Waals surface area contributed by atoms with Crippen molar-refractivity contribution in [1.29, 1.82) is 0 Å². The van der Waals surface area contributed by atoms with Crippen LogP contribution in [0.25, 0.3) is 55.6 Å². The SMILES string of the molecule is [2H]C([2H])(c1cc(-c2[c-]cccc2)ncc1[Si](C)(C)C)C(C)(C)C.[2H]C([2H])(c1ccnc(-c2[c-]ccc3c2oc2cc(-c4ccccc4)ccc23)c1)C1CCCCC1.[Ir]. The second-order valence-electron chi connectivity index (χ2n) is 16.2. The Morgan fingerprint density at radius 3 is 2.28 bits per heavy atom. The molecule has 3 nitrogen and oxygen atoms in total. The van der Waals surface area contributed by atoms with E-state index < -0.39 is 26.2 Å². The number of hydrogen-bond acceptors (Lipinski definition) is 3. The molecule has 0 N–H and O–H groups in total. The third-order valence-corrected chi connectivity index (χ3v) is 11.8. The van der Waals surface area contributed by atoms with Gasteiger partial charge in [0.1, 0.15) is 5.58 Å². The minimum atomic E-state index is -1.70. The quantitative estimate of drug-likeness (QED) is 0.118. The maximum atomic E-state index is 8.88. The molecule has 4 aromatic carbocycles. The Labute approximate surface area is 342 Å². The molecule has 0 spiro atoms. The van der Waals surface area contributed by atoms with Crippen molar-refractivity contribution in [3.8, 4) is 33.6 Å². The van der Waals surface area contributed by atoms with Crippen LogP contribution in [0.1, 0.15) is 69.5 Å². The van der Waals surface area contributed by atoms with Crippen LogP contribution in [0.3, 0.4) is 0 Å². The van der Waals surface area contributed by atoms with Crippen molar-refractivity contribution >= 4 is 35.2 Å². The van der Waals surface area contributed by atoms with Crippen LogP contribution < -0.4 is 5.19 Å². The number of benzene rings is 4. The van der Waals surface area contributed by atoms with Gasteiger partial charge in [0.05, 0.1) is 13.7 Å². The van der Waals surface area contributed by atoms with E-state index in [4.69, 9.17) is 9.90 Å². The van der Waals surface area contributed by atoms with Gasteiger partial charge in [-0.05, 0) is 63.9 Å². The van der Waals surface area contributed by atoms with Crippen LogP contribution in [0, 0.1) is 23.5 Å². The molecule has 0 aliphatic heterocycles. The summed E-state index contributed by atoms with van der Waals surface area (Å²) < 4.78 is 41.6. The van der Waals surface area contributed by atoms with E-state index in [0.717, 1.165) is 86.3 Å². The summed E-state index contributed by atoms with van der Waals surface area (Å²) in [5.41, 5.74) is 7.98. The summed E-state index contributed by atoms with van der Waals surface area (Å²) in [6.45, 7) is 12.6. The monoisotopic (exact) mass is 909 g/mol. The fraction of sp³-hybridized carbons (Fsp3) is 0.306. The van der Waals surface area contributed by atoms with Gasteiger partial charge in [0.15, 0.2) is 0 Å². The van der Waals surface area contributed by atoms with Gasteiger partial charge >= 0.3 is 0 Å². The van der Waals surface area contributed by atoms with Gasteiger partial charge in [-0.2, -0.15) is 0 Å². The summed E-state index contributed by atoms with van der Waals surface area (Å²) in [5, 5.41) is 3.17. The Morgan fingerprint density at radius 1 is 0.778 bits per heavy atom. The van der Waals surface area contributed by atoms with Gasteiger partial charge in [-0.25, -0.2) is 0 Å². The Morgan fingerprint density at radius 2 is 1.56 bits per heavy atom. The maximum Gasteiger partial charge on any atom is 0.121 e. The largest absolute Gasteiger partial charge is 0.501 e. The van der Waals surface area contributed by atoms with E-state index in [1.165, 1.54) is 6.42 Å². The average molecular weight is 909 g/mol. The molecule has 3 aromatic heterocycles. The molecule has 5 heteroatoms. The first-order valence-electron chi connectivity index (χ1n) is 20.9. The second-order valence-corrected chi connectivity index (χ2v) is 21.2. The van der Waals surface area contributed by atoms with E-state index in [1.807, 2.05) is 99.8 Å². The maximum absolute atomic E-state index is 8.88. The fourth-order valence-corrected chi connectivity index (χ4v) is 8.54. The number of aromatic nitrogens is 2. The Hall–Kier alpha value is -4.15. The molecule has 1 radical (unpaired) electrons. The number of fused-ring (bicyclic) bond motifs is 3. The normalized spacial score (nSPS) is 15.3. The third-order valence-electron chi connectivity index (χ3n) is 9.74. The summed E-state index contributed by atoms with van der Waals surface area (Å²) in [7, 11) is -1.70. The molecule has 0 amide bonds. The summed E-state index contributed by atoms with van der Waals surface area (Å²) in [5.74, 6) is 0.0545. The molecule has 0 bridgehead atoms. The molecule has 0 saturated heterocycles. The van der Waals surface area contributed by atoms with Crippen molar-refractivity contribution in [3.05, 3.63) is 139 Å². The van der Waals surface area contributed by atoms with Crippen molar-refractivity contribution in [2.45, 2.75) is 85.3 Å². The number of hydrogen-bond donors (Lipinski definition) is 0. The van der Waals surface area contributed by atoms with E-state index in [1.54, 1.807) is 6.20 Å². The second kappa shape index (κ2) is 17.1. The molecule has 0 atom stereocenters. The van der Waals surface area contributed by atoms with E-state index in [-0.39, 0.29) is 26.0 Å². The van der Waals surface area contributed by atoms with Crippen LogP contribution in [0.4, 0.5) is 0 Å². The van der Waals surface area contributed by atoms with Crippen LogP contribution in [0.15, 0.2) is 120 Å². The van der Waals surface area contributed by atoms with Gasteiger partial charge in [0.2, 0.25) is 0 Å². The predicted molar refractivity (Wildman–Crippen MR) is 226 cm³/mol. The van der Waals surface area contributed by atoms with Crippen molar-refractivity contribution in [1.82, 2.24) is 9.97 Å². The predicted octanol–water partition coefficient (Wildman–Crippen LogP) is 12.9. The zero-order valence-corrected chi connectivity index (χ0v) is 35.6. The van der Waals surface area contributed by atoms with E-state index in [0.29, 0.717) is 11.3 Å². The van der Waals surface area contributed by atoms with E-state index >= 15 is 0 Å². The minimum Gasteiger partial charge on any atom is -0.501 e. The molecule has 54 heavy (non-hydrogen) atoms. The molecule has 1 aliphatic rings. The number of pyridine rings is 2. The van der Waals surface area contributed by atoms with Gasteiger partial charge in [-0.1, -0.05) is 149 Å². The van der Waals surface area contributed by atoms with Crippen molar-refractivity contribution in [2.24, 2.45) is 11.3 Å². The first-order valence-corrected chi connectivity index (χ1v) is 22.4. The molecule has 7 aromatic rings. The smallest absolute Gasteiger partial charge is 0.121 e. The van der Waals surface area contributed by atoms with Crippen LogP contribution in [-0.4, -0.2) is 18.0 Å². The molecule has 1 saturated carbocycles. The summed E-state index contributed by atoms with van der Waals surface area (Å²) in [6, 6.07) is 40.4. The standard InChI is InChI=1S/C30H26NO.C19H26NSi.Ir/c1-3-8-21(9-4-1)18-22-16-17-31-28(19-22)27-13-7-12-26-25-15-14-24(20-29(25)32-30(26)27)23-10-5-2-6-11-23;1-19(2,3)13-16-12-17(15-10-8-7-9-11-15)20-14-18(16)21(4,5)6;/h2,5-7,10-12,14-17,19-21H,1,3-4,8-9,18H2;7-10,12,14H,13H2,1-6H3;/q2*-1;/i18D2;13D2;. The van der Waals surface area contributed by atoms with Crippen LogP contribution in [0.2, 0.25) is 19.6 Å². The summed E-state index contributed by atoms with van der Waals surface area (Å²) >= 11 is 0. The zero-order chi connectivity index (χ0) is 40.6. The molecule has 279 valence electrons. The van der Waals surface area contributed by atoms with Crippen LogP contribution >= 0.6 is 0 Å². The molecule has 3 heterocycles. The van der Waals surface area contributed by atoms with Gasteiger partial charge in [0.25, 0.3) is 0 Å². The average Bonchev–Trinajstić information content (AvgIpc) is 3.59. The first kappa shape index (κ1) is 34.3. The van der Waals surface area contributed by atoms with E-state index in [2.05, 4.69) is 72.1 Å². The van der Waals surface area contributed by atoms with Gasteiger partial charge in [0, 0.05) is 43.4 Å². The Bertz CT molecular complexity index is 2490. The molecule has 1 fully saturated rings. The zero-order valence-electron chi connectivity index (χ0n) is 36.2. The minimum absolute atomic E-state index is 0. The molecular formula is C49H52IrN2OSi-2. The topological polar surface area (TPSA) is 38.9 Å². The molecule has 0 unspecified atom stereocenters. The fourth-order valence-electron chi connectivity index (χ4n) is 7.14. The Balaban J connectivity index is 0.000000208. The molecule has 8 rings (SSSR count). The van der Waals surface area contributed by atoms with Crippen LogP contribution in [-0.2, 0) is 32.9 Å². The summed E-state index contributed by atoms with van der Waals surface area (Å²) in [6.07, 6.45) is 6.13. The third kappa shape index (κ3) is 9.55. The van der Waals surface area contributed by atoms with Crippen molar-refractivity contribution < 1.29 is 30.0 Å². The number of rotatable bonds is 7. The van der Waals surface area contributed by atoms with Gasteiger partial charge in [-0.15, -0.1) is 54.1 Å². The summed E-state index contributed by atoms with van der Waals surface area (Å²) in [4.78, 5) is 9.20. The van der Waals surface area contributed by atoms with Gasteiger partial charge in [-0.3, -0.25) is 0 Å². The number of furan rings is 1. The van der Waals surface area contributed by atoms with E-state index in [9.17, 15) is 0 Å². The number of nitrogens with zero attached hydrogens (tertiary/aromatic N) is 2. The van der Waals surface area contributed by atoms with Gasteiger partial charge < -0.3 is 14.4 Å². The Kier molecular flexibility index (Phi) is 10.9. The first-order chi connectivity index (χ1) is 27.1.